The normalized spacial score (nSPS) is 16.6. The van der Waals surface area contributed by atoms with Crippen LogP contribution in [-0.2, 0) is 9.59 Å². The molecule has 0 saturated carbocycles. The Bertz CT molecular complexity index is 1580. The number of ether oxygens (including phenoxy) is 3. The van der Waals surface area contributed by atoms with E-state index in [1.54, 1.807) is 36.4 Å². The minimum absolute atomic E-state index is 0.0252. The first-order valence-electron chi connectivity index (χ1n) is 12.0. The Labute approximate surface area is 220 Å². The quantitative estimate of drug-likeness (QED) is 0.201. The number of benzene rings is 4. The van der Waals surface area contributed by atoms with Crippen molar-refractivity contribution in [2.45, 2.75) is 13.0 Å². The highest BCUT2D eigenvalue weighted by Crippen LogP contribution is 2.47. The molecule has 1 amide bonds. The molecule has 1 aliphatic heterocycles. The number of anilines is 1. The van der Waals surface area contributed by atoms with Crippen molar-refractivity contribution in [3.8, 4) is 17.2 Å². The highest BCUT2D eigenvalue weighted by molar-refractivity contribution is 6.51. The molecule has 7 nitrogen and oxygen atoms in total. The molecule has 5 rings (SSSR count). The number of hydrogen-bond donors (Lipinski definition) is 1. The summed E-state index contributed by atoms with van der Waals surface area (Å²) < 4.78 is 16.6. The van der Waals surface area contributed by atoms with Crippen LogP contribution in [0.5, 0.6) is 17.2 Å². The zero-order chi connectivity index (χ0) is 27.0. The van der Waals surface area contributed by atoms with Gasteiger partial charge in [0.1, 0.15) is 5.76 Å². The minimum Gasteiger partial charge on any atom is -0.507 e. The van der Waals surface area contributed by atoms with E-state index in [2.05, 4.69) is 0 Å². The number of para-hydroxylation sites is 1. The van der Waals surface area contributed by atoms with Crippen LogP contribution in [0.2, 0.25) is 0 Å². The lowest BCUT2D eigenvalue weighted by Crippen LogP contribution is -2.30. The van der Waals surface area contributed by atoms with E-state index in [0.29, 0.717) is 34.1 Å². The van der Waals surface area contributed by atoms with Crippen LogP contribution in [0.4, 0.5) is 5.69 Å². The highest BCUT2D eigenvalue weighted by Gasteiger charge is 2.47. The summed E-state index contributed by atoms with van der Waals surface area (Å²) in [6.07, 6.45) is 0. The Morgan fingerprint density at radius 3 is 2.05 bits per heavy atom. The van der Waals surface area contributed by atoms with Gasteiger partial charge in [0.2, 0.25) is 5.75 Å². The van der Waals surface area contributed by atoms with Crippen molar-refractivity contribution >= 4 is 33.9 Å². The number of carbonyl (C=O) groups excluding carboxylic acids is 2. The maximum atomic E-state index is 13.6. The SMILES string of the molecule is COc1cc(C2/C(=C(\O)c3ccc4ccccc4c3)C(=O)C(=O)N2c2ccccc2C)cc(OC)c1OC. The molecule has 1 fully saturated rings. The molecule has 0 spiro atoms. The van der Waals surface area contributed by atoms with Crippen LogP contribution in [-0.4, -0.2) is 38.1 Å². The summed E-state index contributed by atoms with van der Waals surface area (Å²) in [5.41, 5.74) is 2.29. The second kappa shape index (κ2) is 9.94. The van der Waals surface area contributed by atoms with Crippen LogP contribution in [0.25, 0.3) is 16.5 Å². The van der Waals surface area contributed by atoms with Crippen molar-refractivity contribution in [2.24, 2.45) is 0 Å². The largest absolute Gasteiger partial charge is 0.507 e. The van der Waals surface area contributed by atoms with Gasteiger partial charge in [0, 0.05) is 11.3 Å². The van der Waals surface area contributed by atoms with E-state index in [4.69, 9.17) is 14.2 Å². The van der Waals surface area contributed by atoms with Crippen LogP contribution in [0.3, 0.4) is 0 Å². The fourth-order valence-electron chi connectivity index (χ4n) is 4.98. The number of fused-ring (bicyclic) bond motifs is 1. The van der Waals surface area contributed by atoms with E-state index in [1.807, 2.05) is 49.4 Å². The van der Waals surface area contributed by atoms with Gasteiger partial charge in [0.25, 0.3) is 11.7 Å². The first-order valence-corrected chi connectivity index (χ1v) is 12.0. The second-order valence-corrected chi connectivity index (χ2v) is 8.98. The van der Waals surface area contributed by atoms with Crippen LogP contribution < -0.4 is 19.1 Å². The zero-order valence-corrected chi connectivity index (χ0v) is 21.5. The Hall–Kier alpha value is -4.78. The molecule has 192 valence electrons. The fourth-order valence-corrected chi connectivity index (χ4v) is 4.98. The topological polar surface area (TPSA) is 85.3 Å². The lowest BCUT2D eigenvalue weighted by atomic mass is 9.93. The molecule has 0 aliphatic carbocycles. The molecule has 0 radical (unpaired) electrons. The summed E-state index contributed by atoms with van der Waals surface area (Å²) in [4.78, 5) is 28.6. The molecule has 1 aliphatic rings. The number of nitrogens with zero attached hydrogens (tertiary/aromatic N) is 1. The maximum absolute atomic E-state index is 13.6. The maximum Gasteiger partial charge on any atom is 0.300 e. The van der Waals surface area contributed by atoms with Gasteiger partial charge in [-0.05, 0) is 53.1 Å². The number of aryl methyl sites for hydroxylation is 1. The Morgan fingerprint density at radius 2 is 1.42 bits per heavy atom. The van der Waals surface area contributed by atoms with Crippen LogP contribution in [0.15, 0.2) is 84.4 Å². The van der Waals surface area contributed by atoms with Crippen molar-refractivity contribution in [3.63, 3.8) is 0 Å². The summed E-state index contributed by atoms with van der Waals surface area (Å²) in [7, 11) is 4.49. The second-order valence-electron chi connectivity index (χ2n) is 8.98. The van der Waals surface area contributed by atoms with Gasteiger partial charge in [-0.2, -0.15) is 0 Å². The van der Waals surface area contributed by atoms with Gasteiger partial charge < -0.3 is 19.3 Å². The molecule has 4 aromatic rings. The van der Waals surface area contributed by atoms with Crippen molar-refractivity contribution < 1.29 is 28.9 Å². The first kappa shape index (κ1) is 24.9. The number of Topliss-reactive ketones (excluding diaryl/α,β-unsaturated/α-hetero) is 1. The Kier molecular flexibility index (Phi) is 6.51. The van der Waals surface area contributed by atoms with Crippen molar-refractivity contribution in [3.05, 3.63) is 101 Å². The molecular formula is C31H27NO6. The predicted molar refractivity (Wildman–Crippen MR) is 146 cm³/mol. The van der Waals surface area contributed by atoms with Gasteiger partial charge in [-0.1, -0.05) is 54.6 Å². The molecule has 38 heavy (non-hydrogen) atoms. The monoisotopic (exact) mass is 509 g/mol. The van der Waals surface area contributed by atoms with E-state index in [1.165, 1.54) is 26.2 Å². The molecular weight excluding hydrogens is 482 g/mol. The van der Waals surface area contributed by atoms with Gasteiger partial charge >= 0.3 is 0 Å². The lowest BCUT2D eigenvalue weighted by Gasteiger charge is -2.27. The number of methoxy groups -OCH3 is 3. The third-order valence-electron chi connectivity index (χ3n) is 6.85. The zero-order valence-electron chi connectivity index (χ0n) is 21.5. The molecule has 0 aromatic heterocycles. The third kappa shape index (κ3) is 4.02. The summed E-state index contributed by atoms with van der Waals surface area (Å²) in [6, 6.07) is 22.9. The number of aliphatic hydroxyl groups is 1. The van der Waals surface area contributed by atoms with E-state index in [0.717, 1.165) is 16.3 Å². The summed E-state index contributed by atoms with van der Waals surface area (Å²) >= 11 is 0. The summed E-state index contributed by atoms with van der Waals surface area (Å²) in [6.45, 7) is 1.87. The van der Waals surface area contributed by atoms with Crippen molar-refractivity contribution in [2.75, 3.05) is 26.2 Å². The number of ketones is 1. The van der Waals surface area contributed by atoms with E-state index in [9.17, 15) is 14.7 Å². The number of carbonyl (C=O) groups is 2. The van der Waals surface area contributed by atoms with Crippen molar-refractivity contribution in [1.29, 1.82) is 0 Å². The summed E-state index contributed by atoms with van der Waals surface area (Å²) in [5, 5.41) is 13.5. The molecule has 4 aromatic carbocycles. The molecule has 1 saturated heterocycles. The lowest BCUT2D eigenvalue weighted by molar-refractivity contribution is -0.132. The molecule has 1 heterocycles. The van der Waals surface area contributed by atoms with E-state index >= 15 is 0 Å². The molecule has 1 N–H and O–H groups in total. The van der Waals surface area contributed by atoms with E-state index in [-0.39, 0.29) is 11.3 Å². The number of rotatable bonds is 6. The van der Waals surface area contributed by atoms with Crippen LogP contribution in [0, 0.1) is 6.92 Å². The third-order valence-corrected chi connectivity index (χ3v) is 6.85. The van der Waals surface area contributed by atoms with Gasteiger partial charge in [0.15, 0.2) is 11.5 Å². The number of hydrogen-bond acceptors (Lipinski definition) is 6. The standard InChI is InChI=1S/C31H27NO6/c1-18-9-5-8-12-23(18)32-27(22-16-24(36-2)30(38-4)25(17-22)37-3)26(29(34)31(32)35)28(33)21-14-13-19-10-6-7-11-20(19)15-21/h5-17,27,33H,1-4H3/b28-26+. The Morgan fingerprint density at radius 1 is 0.789 bits per heavy atom. The molecule has 1 unspecified atom stereocenters. The predicted octanol–water partition coefficient (Wildman–Crippen LogP) is 5.80. The fraction of sp³-hybridized carbons (Fsp3) is 0.161. The van der Waals surface area contributed by atoms with Gasteiger partial charge in [-0.25, -0.2) is 0 Å². The first-order chi connectivity index (χ1) is 18.4. The smallest absolute Gasteiger partial charge is 0.300 e. The molecule has 7 heteroatoms. The minimum atomic E-state index is -0.948. The van der Waals surface area contributed by atoms with Crippen molar-refractivity contribution in [1.82, 2.24) is 0 Å². The average Bonchev–Trinajstić information content (AvgIpc) is 3.21. The highest BCUT2D eigenvalue weighted by atomic mass is 16.5. The number of amides is 1. The van der Waals surface area contributed by atoms with E-state index < -0.39 is 17.7 Å². The van der Waals surface area contributed by atoms with Gasteiger partial charge in [0.05, 0.1) is 32.9 Å². The average molecular weight is 510 g/mol. The van der Waals surface area contributed by atoms with Crippen LogP contribution in [0.1, 0.15) is 22.7 Å². The molecule has 1 atom stereocenters. The van der Waals surface area contributed by atoms with Gasteiger partial charge in [-0.15, -0.1) is 0 Å². The Balaban J connectivity index is 1.80. The molecule has 0 bridgehead atoms. The number of aliphatic hydroxyl groups excluding tert-OH is 1. The van der Waals surface area contributed by atoms with Gasteiger partial charge in [-0.3, -0.25) is 14.5 Å². The summed E-state index contributed by atoms with van der Waals surface area (Å²) in [5.74, 6) is -0.672. The van der Waals surface area contributed by atoms with Crippen LogP contribution >= 0.6 is 0 Å².